The summed E-state index contributed by atoms with van der Waals surface area (Å²) in [7, 11) is 0. The monoisotopic (exact) mass is 443 g/mol. The van der Waals surface area contributed by atoms with E-state index in [1.54, 1.807) is 30.3 Å². The SMILES string of the molecule is O=CC1CCN(C(=O)c2cc(C(F)(F)F)cc(C(F)(F)F)c2)C(Cc2ccccc2)C1. The molecule has 2 aromatic carbocycles. The maximum absolute atomic E-state index is 13.2. The standard InChI is InChI=1S/C22H19F6NO2/c23-21(24,25)17-10-16(11-18(12-17)22(26,27)28)20(31)29-7-6-15(13-30)9-19(29)8-14-4-2-1-3-5-14/h1-5,10-13,15,19H,6-9H2. The quantitative estimate of drug-likeness (QED) is 0.470. The van der Waals surface area contributed by atoms with Crippen LogP contribution in [0, 0.1) is 5.92 Å². The van der Waals surface area contributed by atoms with Gasteiger partial charge in [0.1, 0.15) is 6.29 Å². The van der Waals surface area contributed by atoms with E-state index in [1.807, 2.05) is 0 Å². The molecule has 31 heavy (non-hydrogen) atoms. The third-order valence-electron chi connectivity index (χ3n) is 5.36. The summed E-state index contributed by atoms with van der Waals surface area (Å²) in [6.07, 6.45) is -8.39. The molecule has 3 rings (SSSR count). The van der Waals surface area contributed by atoms with Crippen molar-refractivity contribution in [2.24, 2.45) is 5.92 Å². The second-order valence-electron chi connectivity index (χ2n) is 7.56. The van der Waals surface area contributed by atoms with E-state index in [4.69, 9.17) is 0 Å². The van der Waals surface area contributed by atoms with Crippen molar-refractivity contribution in [1.82, 2.24) is 4.90 Å². The van der Waals surface area contributed by atoms with Crippen molar-refractivity contribution < 1.29 is 35.9 Å². The zero-order chi connectivity index (χ0) is 22.8. The van der Waals surface area contributed by atoms with Gasteiger partial charge in [0.2, 0.25) is 0 Å². The largest absolute Gasteiger partial charge is 0.416 e. The van der Waals surface area contributed by atoms with Crippen LogP contribution in [-0.2, 0) is 23.6 Å². The van der Waals surface area contributed by atoms with Crippen LogP contribution in [0.15, 0.2) is 48.5 Å². The van der Waals surface area contributed by atoms with Crippen molar-refractivity contribution in [1.29, 1.82) is 0 Å². The molecule has 9 heteroatoms. The highest BCUT2D eigenvalue weighted by molar-refractivity contribution is 5.95. The van der Waals surface area contributed by atoms with Crippen LogP contribution in [0.4, 0.5) is 26.3 Å². The van der Waals surface area contributed by atoms with Crippen LogP contribution in [0.25, 0.3) is 0 Å². The highest BCUT2D eigenvalue weighted by Crippen LogP contribution is 2.37. The number of likely N-dealkylation sites (tertiary alicyclic amines) is 1. The number of rotatable bonds is 4. The van der Waals surface area contributed by atoms with Crippen LogP contribution in [0.1, 0.15) is 39.9 Å². The Morgan fingerprint density at radius 2 is 1.55 bits per heavy atom. The summed E-state index contributed by atoms with van der Waals surface area (Å²) >= 11 is 0. The fraction of sp³-hybridized carbons (Fsp3) is 0.364. The molecular weight excluding hydrogens is 424 g/mol. The molecular formula is C22H19F6NO2. The molecule has 0 N–H and O–H groups in total. The number of hydrogen-bond acceptors (Lipinski definition) is 2. The number of carbonyl (C=O) groups is 2. The average Bonchev–Trinajstić information content (AvgIpc) is 2.72. The molecule has 0 spiro atoms. The molecule has 0 saturated carbocycles. The van der Waals surface area contributed by atoms with Gasteiger partial charge in [-0.25, -0.2) is 0 Å². The van der Waals surface area contributed by atoms with Crippen LogP contribution in [0.2, 0.25) is 0 Å². The first-order chi connectivity index (χ1) is 14.5. The predicted octanol–water partition coefficient (Wildman–Crippen LogP) is 5.39. The molecule has 1 amide bonds. The van der Waals surface area contributed by atoms with Crippen molar-refractivity contribution >= 4 is 12.2 Å². The van der Waals surface area contributed by atoms with Crippen LogP contribution >= 0.6 is 0 Å². The molecule has 0 aliphatic carbocycles. The van der Waals surface area contributed by atoms with Gasteiger partial charge in [-0.15, -0.1) is 0 Å². The van der Waals surface area contributed by atoms with Gasteiger partial charge >= 0.3 is 12.4 Å². The van der Waals surface area contributed by atoms with Gasteiger partial charge in [0.15, 0.2) is 0 Å². The summed E-state index contributed by atoms with van der Waals surface area (Å²) in [6, 6.07) is 9.33. The molecule has 2 atom stereocenters. The van der Waals surface area contributed by atoms with E-state index >= 15 is 0 Å². The van der Waals surface area contributed by atoms with E-state index in [-0.39, 0.29) is 24.9 Å². The first-order valence-electron chi connectivity index (χ1n) is 9.58. The highest BCUT2D eigenvalue weighted by atomic mass is 19.4. The molecule has 1 aliphatic heterocycles. The Kier molecular flexibility index (Phi) is 6.43. The van der Waals surface area contributed by atoms with E-state index in [1.165, 1.54) is 4.90 Å². The molecule has 0 aromatic heterocycles. The highest BCUT2D eigenvalue weighted by Gasteiger charge is 2.39. The maximum Gasteiger partial charge on any atom is 0.416 e. The number of halogens is 6. The second-order valence-corrected chi connectivity index (χ2v) is 7.56. The molecule has 1 heterocycles. The lowest BCUT2D eigenvalue weighted by Crippen LogP contribution is -2.47. The molecule has 3 nitrogen and oxygen atoms in total. The van der Waals surface area contributed by atoms with Gasteiger partial charge in [0, 0.05) is 24.1 Å². The fourth-order valence-corrected chi connectivity index (χ4v) is 3.80. The Labute approximate surface area is 174 Å². The number of alkyl halides is 6. The zero-order valence-electron chi connectivity index (χ0n) is 16.2. The normalized spacial score (nSPS) is 19.9. The number of hydrogen-bond donors (Lipinski definition) is 0. The fourth-order valence-electron chi connectivity index (χ4n) is 3.80. The van der Waals surface area contributed by atoms with Crippen LogP contribution in [0.3, 0.4) is 0 Å². The number of aldehydes is 1. The molecule has 2 unspecified atom stereocenters. The first-order valence-corrected chi connectivity index (χ1v) is 9.58. The Hall–Kier alpha value is -2.84. The lowest BCUT2D eigenvalue weighted by molar-refractivity contribution is -0.143. The Morgan fingerprint density at radius 1 is 0.968 bits per heavy atom. The van der Waals surface area contributed by atoms with Gasteiger partial charge < -0.3 is 9.69 Å². The van der Waals surface area contributed by atoms with Gasteiger partial charge in [0.05, 0.1) is 11.1 Å². The minimum Gasteiger partial charge on any atom is -0.335 e. The average molecular weight is 443 g/mol. The number of amides is 1. The topological polar surface area (TPSA) is 37.4 Å². The molecule has 1 fully saturated rings. The van der Waals surface area contributed by atoms with Crippen LogP contribution in [-0.4, -0.2) is 29.7 Å². The maximum atomic E-state index is 13.2. The van der Waals surface area contributed by atoms with Crippen LogP contribution in [0.5, 0.6) is 0 Å². The lowest BCUT2D eigenvalue weighted by atomic mass is 9.87. The third-order valence-corrected chi connectivity index (χ3v) is 5.36. The summed E-state index contributed by atoms with van der Waals surface area (Å²) in [6.45, 7) is 0.0668. The third kappa shape index (κ3) is 5.45. The second kappa shape index (κ2) is 8.72. The lowest BCUT2D eigenvalue weighted by Gasteiger charge is -2.38. The van der Waals surface area contributed by atoms with E-state index in [2.05, 4.69) is 0 Å². The Morgan fingerprint density at radius 3 is 2.06 bits per heavy atom. The van der Waals surface area contributed by atoms with E-state index in [0.29, 0.717) is 25.0 Å². The molecule has 2 aromatic rings. The van der Waals surface area contributed by atoms with Crippen molar-refractivity contribution in [3.05, 3.63) is 70.8 Å². The summed E-state index contributed by atoms with van der Waals surface area (Å²) < 4.78 is 79.0. The summed E-state index contributed by atoms with van der Waals surface area (Å²) in [4.78, 5) is 25.6. The van der Waals surface area contributed by atoms with Gasteiger partial charge in [0.25, 0.3) is 5.91 Å². The van der Waals surface area contributed by atoms with Crippen molar-refractivity contribution in [2.75, 3.05) is 6.54 Å². The summed E-state index contributed by atoms with van der Waals surface area (Å²) in [5.41, 5.74) is -2.90. The number of benzene rings is 2. The molecule has 166 valence electrons. The van der Waals surface area contributed by atoms with E-state index < -0.39 is 41.0 Å². The van der Waals surface area contributed by atoms with Gasteiger partial charge in [-0.2, -0.15) is 26.3 Å². The molecule has 1 aliphatic rings. The molecule has 0 bridgehead atoms. The minimum absolute atomic E-state index is 0.00312. The summed E-state index contributed by atoms with van der Waals surface area (Å²) in [5.74, 6) is -1.24. The van der Waals surface area contributed by atoms with Gasteiger partial charge in [-0.3, -0.25) is 4.79 Å². The summed E-state index contributed by atoms with van der Waals surface area (Å²) in [5, 5.41) is 0. The van der Waals surface area contributed by atoms with Crippen molar-refractivity contribution in [2.45, 2.75) is 37.7 Å². The van der Waals surface area contributed by atoms with Crippen molar-refractivity contribution in [3.63, 3.8) is 0 Å². The molecule has 1 saturated heterocycles. The molecule has 0 radical (unpaired) electrons. The first kappa shape index (κ1) is 22.8. The number of piperidine rings is 1. The van der Waals surface area contributed by atoms with E-state index in [0.717, 1.165) is 11.8 Å². The minimum atomic E-state index is -5.04. The van der Waals surface area contributed by atoms with Crippen LogP contribution < -0.4 is 0 Å². The number of nitrogens with zero attached hydrogens (tertiary/aromatic N) is 1. The van der Waals surface area contributed by atoms with Crippen molar-refractivity contribution in [3.8, 4) is 0 Å². The van der Waals surface area contributed by atoms with E-state index in [9.17, 15) is 35.9 Å². The smallest absolute Gasteiger partial charge is 0.335 e. The van der Waals surface area contributed by atoms with Gasteiger partial charge in [-0.1, -0.05) is 30.3 Å². The van der Waals surface area contributed by atoms with Gasteiger partial charge in [-0.05, 0) is 43.0 Å². The zero-order valence-corrected chi connectivity index (χ0v) is 16.2. The Bertz CT molecular complexity index is 907. The predicted molar refractivity (Wildman–Crippen MR) is 100 cm³/mol. The number of carbonyl (C=O) groups excluding carboxylic acids is 2. The Balaban J connectivity index is 1.97.